The van der Waals surface area contributed by atoms with Crippen LogP contribution in [0.25, 0.3) is 0 Å². The highest BCUT2D eigenvalue weighted by Gasteiger charge is 2.40. The van der Waals surface area contributed by atoms with E-state index in [1.165, 1.54) is 15.8 Å². The summed E-state index contributed by atoms with van der Waals surface area (Å²) < 4.78 is 1.23. The van der Waals surface area contributed by atoms with E-state index in [-0.39, 0.29) is 0 Å². The minimum atomic E-state index is 0.355. The van der Waals surface area contributed by atoms with E-state index in [9.17, 15) is 0 Å². The lowest BCUT2D eigenvalue weighted by Crippen LogP contribution is -2.17. The molecule has 1 saturated carbocycles. The lowest BCUT2D eigenvalue weighted by atomic mass is 10.1. The van der Waals surface area contributed by atoms with Gasteiger partial charge in [0.05, 0.1) is 3.79 Å². The smallest absolute Gasteiger partial charge is 0.0701 e. The predicted octanol–water partition coefficient (Wildman–Crippen LogP) is 2.96. The zero-order chi connectivity index (χ0) is 8.72. The largest absolute Gasteiger partial charge is 0.328 e. The van der Waals surface area contributed by atoms with Crippen molar-refractivity contribution in [2.75, 3.05) is 0 Å². The molecule has 2 N–H and O–H groups in total. The number of halogens is 1. The van der Waals surface area contributed by atoms with Crippen LogP contribution in [0.4, 0.5) is 0 Å². The van der Waals surface area contributed by atoms with Crippen LogP contribution >= 0.6 is 27.3 Å². The van der Waals surface area contributed by atoms with Crippen molar-refractivity contribution < 1.29 is 0 Å². The van der Waals surface area contributed by atoms with Crippen molar-refractivity contribution in [3.8, 4) is 0 Å². The molecule has 12 heavy (non-hydrogen) atoms. The van der Waals surface area contributed by atoms with Crippen LogP contribution in [0, 0.1) is 5.92 Å². The molecule has 0 saturated heterocycles. The Labute approximate surface area is 85.1 Å². The Morgan fingerprint density at radius 1 is 1.75 bits per heavy atom. The van der Waals surface area contributed by atoms with Gasteiger partial charge in [-0.1, -0.05) is 0 Å². The van der Waals surface area contributed by atoms with Gasteiger partial charge in [0.1, 0.15) is 0 Å². The topological polar surface area (TPSA) is 26.0 Å². The van der Waals surface area contributed by atoms with Crippen LogP contribution < -0.4 is 5.73 Å². The van der Waals surface area contributed by atoms with E-state index in [0.29, 0.717) is 6.04 Å². The molecule has 3 heteroatoms. The summed E-state index contributed by atoms with van der Waals surface area (Å²) in [6, 6.07) is 2.58. The second kappa shape index (κ2) is 3.13. The summed E-state index contributed by atoms with van der Waals surface area (Å²) in [5.41, 5.74) is 7.29. The van der Waals surface area contributed by atoms with Gasteiger partial charge >= 0.3 is 0 Å². The molecule has 0 spiro atoms. The van der Waals surface area contributed by atoms with Crippen molar-refractivity contribution >= 4 is 27.3 Å². The maximum absolute atomic E-state index is 5.82. The summed E-state index contributed by atoms with van der Waals surface area (Å²) in [5.74, 6) is 1.47. The normalized spacial score (nSPS) is 30.2. The summed E-state index contributed by atoms with van der Waals surface area (Å²) in [6.45, 7) is 2.10. The van der Waals surface area contributed by atoms with Gasteiger partial charge < -0.3 is 5.73 Å². The summed E-state index contributed by atoms with van der Waals surface area (Å²) in [4.78, 5) is 0. The number of thiophene rings is 1. The van der Waals surface area contributed by atoms with Crippen molar-refractivity contribution in [2.24, 2.45) is 11.7 Å². The van der Waals surface area contributed by atoms with E-state index in [2.05, 4.69) is 34.3 Å². The monoisotopic (exact) mass is 245 g/mol. The SMILES string of the molecule is CC(N)C1CC1c1csc(Br)c1. The van der Waals surface area contributed by atoms with Crippen LogP contribution in [0.3, 0.4) is 0 Å². The Morgan fingerprint density at radius 3 is 2.92 bits per heavy atom. The van der Waals surface area contributed by atoms with Crippen LogP contribution in [-0.2, 0) is 0 Å². The standard InChI is InChI=1S/C9H12BrNS/c1-5(11)7-3-8(7)6-2-9(10)12-4-6/h2,4-5,7-8H,3,11H2,1H3. The first kappa shape index (κ1) is 8.73. The van der Waals surface area contributed by atoms with Gasteiger partial charge in [0.25, 0.3) is 0 Å². The Bertz CT molecular complexity index is 282. The molecular weight excluding hydrogens is 234 g/mol. The first-order valence-electron chi connectivity index (χ1n) is 4.18. The zero-order valence-corrected chi connectivity index (χ0v) is 9.36. The number of hydrogen-bond acceptors (Lipinski definition) is 2. The van der Waals surface area contributed by atoms with Gasteiger partial charge in [-0.15, -0.1) is 11.3 Å². The molecular formula is C9H12BrNS. The molecule has 1 aliphatic carbocycles. The predicted molar refractivity (Wildman–Crippen MR) is 56.5 cm³/mol. The van der Waals surface area contributed by atoms with Crippen molar-refractivity contribution in [1.29, 1.82) is 0 Å². The van der Waals surface area contributed by atoms with Crippen LogP contribution in [-0.4, -0.2) is 6.04 Å². The van der Waals surface area contributed by atoms with Gasteiger partial charge in [-0.25, -0.2) is 0 Å². The van der Waals surface area contributed by atoms with Gasteiger partial charge in [0.2, 0.25) is 0 Å². The lowest BCUT2D eigenvalue weighted by molar-refractivity contribution is 0.632. The first-order chi connectivity index (χ1) is 5.68. The van der Waals surface area contributed by atoms with Crippen molar-refractivity contribution in [3.05, 3.63) is 20.8 Å². The molecule has 1 nitrogen and oxygen atoms in total. The molecule has 0 amide bonds. The van der Waals surface area contributed by atoms with Crippen LogP contribution in [0.1, 0.15) is 24.8 Å². The van der Waals surface area contributed by atoms with Crippen molar-refractivity contribution in [3.63, 3.8) is 0 Å². The highest BCUT2D eigenvalue weighted by atomic mass is 79.9. The molecule has 0 aliphatic heterocycles. The maximum atomic E-state index is 5.82. The first-order valence-corrected chi connectivity index (χ1v) is 5.85. The van der Waals surface area contributed by atoms with Crippen LogP contribution in [0.2, 0.25) is 0 Å². The molecule has 3 atom stereocenters. The molecule has 0 aromatic carbocycles. The summed E-state index contributed by atoms with van der Waals surface area (Å²) >= 11 is 5.23. The molecule has 1 fully saturated rings. The second-order valence-electron chi connectivity index (χ2n) is 3.55. The van der Waals surface area contributed by atoms with Crippen LogP contribution in [0.15, 0.2) is 15.2 Å². The Kier molecular flexibility index (Phi) is 2.27. The fraction of sp³-hybridized carbons (Fsp3) is 0.556. The number of nitrogens with two attached hydrogens (primary N) is 1. The molecule has 1 aromatic rings. The Hall–Kier alpha value is 0.140. The molecule has 2 rings (SSSR count). The zero-order valence-electron chi connectivity index (χ0n) is 6.96. The maximum Gasteiger partial charge on any atom is 0.0701 e. The van der Waals surface area contributed by atoms with E-state index in [1.807, 2.05) is 0 Å². The average Bonchev–Trinajstić information content (AvgIpc) is 2.70. The summed E-state index contributed by atoms with van der Waals surface area (Å²) in [7, 11) is 0. The minimum absolute atomic E-state index is 0.355. The third-order valence-corrected chi connectivity index (χ3v) is 4.05. The average molecular weight is 246 g/mol. The molecule has 0 radical (unpaired) electrons. The van der Waals surface area contributed by atoms with E-state index in [1.54, 1.807) is 11.3 Å². The quantitative estimate of drug-likeness (QED) is 0.853. The Morgan fingerprint density at radius 2 is 2.50 bits per heavy atom. The van der Waals surface area contributed by atoms with Gasteiger partial charge in [0.15, 0.2) is 0 Å². The summed E-state index contributed by atoms with van der Waals surface area (Å²) in [6.07, 6.45) is 1.28. The second-order valence-corrected chi connectivity index (χ2v) is 5.84. The Balaban J connectivity index is 2.05. The van der Waals surface area contributed by atoms with E-state index in [0.717, 1.165) is 11.8 Å². The van der Waals surface area contributed by atoms with Gasteiger partial charge in [-0.2, -0.15) is 0 Å². The van der Waals surface area contributed by atoms with Crippen molar-refractivity contribution in [1.82, 2.24) is 0 Å². The third-order valence-electron chi connectivity index (χ3n) is 2.53. The molecule has 66 valence electrons. The number of hydrogen-bond donors (Lipinski definition) is 1. The fourth-order valence-corrected chi connectivity index (χ4v) is 2.94. The van der Waals surface area contributed by atoms with Gasteiger partial charge in [-0.05, 0) is 58.1 Å². The molecule has 0 bridgehead atoms. The highest BCUT2D eigenvalue weighted by molar-refractivity contribution is 9.11. The summed E-state index contributed by atoms with van der Waals surface area (Å²) in [5, 5.41) is 2.23. The van der Waals surface area contributed by atoms with E-state index in [4.69, 9.17) is 5.73 Å². The molecule has 1 aliphatic rings. The minimum Gasteiger partial charge on any atom is -0.328 e. The van der Waals surface area contributed by atoms with Crippen LogP contribution in [0.5, 0.6) is 0 Å². The molecule has 1 heterocycles. The van der Waals surface area contributed by atoms with E-state index >= 15 is 0 Å². The molecule has 1 aromatic heterocycles. The van der Waals surface area contributed by atoms with Gasteiger partial charge in [-0.3, -0.25) is 0 Å². The fourth-order valence-electron chi connectivity index (χ4n) is 1.70. The lowest BCUT2D eigenvalue weighted by Gasteiger charge is -2.00. The number of rotatable bonds is 2. The van der Waals surface area contributed by atoms with E-state index < -0.39 is 0 Å². The third kappa shape index (κ3) is 1.58. The highest BCUT2D eigenvalue weighted by Crippen LogP contribution is 2.50. The molecule has 3 unspecified atom stereocenters. The van der Waals surface area contributed by atoms with Crippen molar-refractivity contribution in [2.45, 2.75) is 25.3 Å². The van der Waals surface area contributed by atoms with Gasteiger partial charge in [0, 0.05) is 6.04 Å².